The summed E-state index contributed by atoms with van der Waals surface area (Å²) >= 11 is 9.48. The van der Waals surface area contributed by atoms with Crippen molar-refractivity contribution in [3.63, 3.8) is 0 Å². The molecule has 1 amide bonds. The maximum Gasteiger partial charge on any atom is 0.277 e. The predicted octanol–water partition coefficient (Wildman–Crippen LogP) is 6.38. The van der Waals surface area contributed by atoms with Crippen molar-refractivity contribution in [2.75, 3.05) is 4.90 Å². The Labute approximate surface area is 185 Å². The Balaban J connectivity index is 1.72. The van der Waals surface area contributed by atoms with Crippen LogP contribution in [0, 0.1) is 5.82 Å². The lowest BCUT2D eigenvalue weighted by Gasteiger charge is -2.26. The molecule has 1 N–H and O–H groups in total. The molecule has 0 saturated heterocycles. The molecule has 0 radical (unpaired) electrons. The number of carbonyl (C=O) groups excluding carboxylic acids is 1. The normalized spacial score (nSPS) is 15.5. The first-order valence-electron chi connectivity index (χ1n) is 9.22. The molecule has 4 aromatic rings. The third-order valence-electron chi connectivity index (χ3n) is 5.16. The number of aromatic amines is 1. The second kappa shape index (κ2) is 7.38. The lowest BCUT2D eigenvalue weighted by atomic mass is 9.96. The highest BCUT2D eigenvalue weighted by Gasteiger charge is 2.43. The number of nitrogens with one attached hydrogen (secondary N) is 1. The van der Waals surface area contributed by atoms with Crippen molar-refractivity contribution in [3.8, 4) is 11.3 Å². The molecule has 1 aliphatic rings. The first-order valence-corrected chi connectivity index (χ1v) is 10.4. The zero-order valence-electron chi connectivity index (χ0n) is 15.4. The summed E-state index contributed by atoms with van der Waals surface area (Å²) in [5, 5.41) is 7.90. The lowest BCUT2D eigenvalue weighted by Crippen LogP contribution is -2.29. The largest absolute Gasteiger partial charge is 0.295 e. The number of fused-ring (bicyclic) bond motifs is 1. The first kappa shape index (κ1) is 19.0. The number of rotatable bonds is 3. The SMILES string of the molecule is O=C1c2[nH]nc(-c3ccc(Br)cc3)c2[C@@H](c2cccc(F)c2)N1c1ccc(Cl)cc1. The van der Waals surface area contributed by atoms with E-state index in [4.69, 9.17) is 11.6 Å². The molecule has 0 spiro atoms. The minimum absolute atomic E-state index is 0.225. The zero-order valence-corrected chi connectivity index (χ0v) is 17.8. The fraction of sp³-hybridized carbons (Fsp3) is 0.0435. The van der Waals surface area contributed by atoms with E-state index in [-0.39, 0.29) is 11.7 Å². The van der Waals surface area contributed by atoms with Crippen LogP contribution < -0.4 is 4.90 Å². The van der Waals surface area contributed by atoms with Crippen LogP contribution >= 0.6 is 27.5 Å². The summed E-state index contributed by atoms with van der Waals surface area (Å²) in [6, 6.07) is 20.5. The van der Waals surface area contributed by atoms with Gasteiger partial charge < -0.3 is 0 Å². The number of benzene rings is 3. The van der Waals surface area contributed by atoms with Gasteiger partial charge in [0.25, 0.3) is 5.91 Å². The number of amides is 1. The summed E-state index contributed by atoms with van der Waals surface area (Å²) < 4.78 is 15.1. The third-order valence-corrected chi connectivity index (χ3v) is 5.94. The quantitative estimate of drug-likeness (QED) is 0.368. The second-order valence-electron chi connectivity index (χ2n) is 6.98. The molecular formula is C23H14BrClFN3O. The van der Waals surface area contributed by atoms with Crippen LogP contribution in [0.25, 0.3) is 11.3 Å². The van der Waals surface area contributed by atoms with Crippen molar-refractivity contribution in [2.45, 2.75) is 6.04 Å². The molecule has 0 aliphatic carbocycles. The minimum Gasteiger partial charge on any atom is -0.295 e. The average molecular weight is 483 g/mol. The molecule has 0 unspecified atom stereocenters. The van der Waals surface area contributed by atoms with Crippen LogP contribution in [-0.2, 0) is 0 Å². The van der Waals surface area contributed by atoms with Gasteiger partial charge in [-0.15, -0.1) is 0 Å². The lowest BCUT2D eigenvalue weighted by molar-refractivity contribution is 0.0988. The maximum absolute atomic E-state index is 14.1. The third kappa shape index (κ3) is 3.13. The molecule has 0 bridgehead atoms. The number of anilines is 1. The number of halogens is 3. The summed E-state index contributed by atoms with van der Waals surface area (Å²) in [4.78, 5) is 15.0. The Morgan fingerprint density at radius 3 is 2.47 bits per heavy atom. The van der Waals surface area contributed by atoms with E-state index in [1.807, 2.05) is 30.3 Å². The molecule has 2 heterocycles. The molecule has 1 aromatic heterocycles. The van der Waals surface area contributed by atoms with E-state index in [1.54, 1.807) is 35.2 Å². The van der Waals surface area contributed by atoms with E-state index in [2.05, 4.69) is 26.1 Å². The highest BCUT2D eigenvalue weighted by Crippen LogP contribution is 2.45. The van der Waals surface area contributed by atoms with Crippen LogP contribution in [0.4, 0.5) is 10.1 Å². The van der Waals surface area contributed by atoms with Crippen molar-refractivity contribution in [1.82, 2.24) is 10.2 Å². The van der Waals surface area contributed by atoms with Crippen LogP contribution in [0.2, 0.25) is 5.02 Å². The number of aromatic nitrogens is 2. The van der Waals surface area contributed by atoms with Gasteiger partial charge >= 0.3 is 0 Å². The minimum atomic E-state index is -0.526. The molecular weight excluding hydrogens is 469 g/mol. The van der Waals surface area contributed by atoms with Gasteiger partial charge in [0.15, 0.2) is 0 Å². The van der Waals surface area contributed by atoms with Crippen molar-refractivity contribution in [1.29, 1.82) is 0 Å². The molecule has 0 saturated carbocycles. The standard InChI is InChI=1S/C23H14BrClFN3O/c24-15-6-4-13(5-7-15)20-19-21(28-27-20)23(30)29(18-10-8-16(25)9-11-18)22(19)14-2-1-3-17(26)12-14/h1-12,22H,(H,27,28)/t22-/m1/s1. The smallest absolute Gasteiger partial charge is 0.277 e. The summed E-state index contributed by atoms with van der Waals surface area (Å²) in [5.74, 6) is -0.587. The number of carbonyl (C=O) groups is 1. The topological polar surface area (TPSA) is 49.0 Å². The monoisotopic (exact) mass is 481 g/mol. The second-order valence-corrected chi connectivity index (χ2v) is 8.33. The predicted molar refractivity (Wildman–Crippen MR) is 118 cm³/mol. The van der Waals surface area contributed by atoms with Gasteiger partial charge in [-0.05, 0) is 54.1 Å². The Bertz CT molecular complexity index is 1250. The molecule has 0 fully saturated rings. The summed E-state index contributed by atoms with van der Waals surface area (Å²) in [7, 11) is 0. The van der Waals surface area contributed by atoms with E-state index in [0.29, 0.717) is 27.7 Å². The van der Waals surface area contributed by atoms with Gasteiger partial charge in [0.1, 0.15) is 11.5 Å². The maximum atomic E-state index is 14.1. The van der Waals surface area contributed by atoms with Crippen LogP contribution in [0.15, 0.2) is 77.3 Å². The molecule has 1 aliphatic heterocycles. The summed E-state index contributed by atoms with van der Waals surface area (Å²) in [5.41, 5.74) is 3.99. The molecule has 5 rings (SSSR count). The molecule has 3 aromatic carbocycles. The Hall–Kier alpha value is -2.96. The Kier molecular flexibility index (Phi) is 4.68. The Morgan fingerprint density at radius 2 is 1.77 bits per heavy atom. The Morgan fingerprint density at radius 1 is 1.03 bits per heavy atom. The van der Waals surface area contributed by atoms with E-state index in [9.17, 15) is 9.18 Å². The summed E-state index contributed by atoms with van der Waals surface area (Å²) in [6.07, 6.45) is 0. The van der Waals surface area contributed by atoms with E-state index in [1.165, 1.54) is 12.1 Å². The highest BCUT2D eigenvalue weighted by molar-refractivity contribution is 9.10. The van der Waals surface area contributed by atoms with E-state index in [0.717, 1.165) is 15.6 Å². The van der Waals surface area contributed by atoms with Crippen LogP contribution in [0.1, 0.15) is 27.7 Å². The van der Waals surface area contributed by atoms with Crippen molar-refractivity contribution in [3.05, 3.63) is 105 Å². The average Bonchev–Trinajstić information content (AvgIpc) is 3.28. The number of hydrogen-bond donors (Lipinski definition) is 1. The van der Waals surface area contributed by atoms with E-state index >= 15 is 0 Å². The van der Waals surface area contributed by atoms with E-state index < -0.39 is 6.04 Å². The molecule has 30 heavy (non-hydrogen) atoms. The fourth-order valence-corrected chi connectivity index (χ4v) is 4.23. The number of hydrogen-bond acceptors (Lipinski definition) is 2. The van der Waals surface area contributed by atoms with Gasteiger partial charge in [0.2, 0.25) is 0 Å². The van der Waals surface area contributed by atoms with Crippen LogP contribution in [0.5, 0.6) is 0 Å². The summed E-state index contributed by atoms with van der Waals surface area (Å²) in [6.45, 7) is 0. The highest BCUT2D eigenvalue weighted by atomic mass is 79.9. The van der Waals surface area contributed by atoms with Crippen LogP contribution in [0.3, 0.4) is 0 Å². The number of nitrogens with zero attached hydrogens (tertiary/aromatic N) is 2. The van der Waals surface area contributed by atoms with Crippen molar-refractivity contribution < 1.29 is 9.18 Å². The molecule has 1 atom stereocenters. The van der Waals surface area contributed by atoms with Crippen LogP contribution in [-0.4, -0.2) is 16.1 Å². The molecule has 7 heteroatoms. The van der Waals surface area contributed by atoms with Gasteiger partial charge in [-0.1, -0.05) is 51.8 Å². The van der Waals surface area contributed by atoms with Crippen molar-refractivity contribution in [2.24, 2.45) is 0 Å². The fourth-order valence-electron chi connectivity index (χ4n) is 3.83. The van der Waals surface area contributed by atoms with Gasteiger partial charge in [0.05, 0.1) is 11.7 Å². The van der Waals surface area contributed by atoms with Gasteiger partial charge in [-0.3, -0.25) is 14.8 Å². The number of H-pyrrole nitrogens is 1. The molecule has 4 nitrogen and oxygen atoms in total. The molecule has 148 valence electrons. The van der Waals surface area contributed by atoms with Gasteiger partial charge in [-0.2, -0.15) is 5.10 Å². The van der Waals surface area contributed by atoms with Gasteiger partial charge in [-0.25, -0.2) is 4.39 Å². The van der Waals surface area contributed by atoms with Gasteiger partial charge in [0, 0.05) is 26.3 Å². The first-order chi connectivity index (χ1) is 14.5. The van der Waals surface area contributed by atoms with Crippen molar-refractivity contribution >= 4 is 39.1 Å². The zero-order chi connectivity index (χ0) is 20.8.